The smallest absolute Gasteiger partial charge is 0.407 e. The first kappa shape index (κ1) is 20.0. The number of nitrogen functional groups attached to an aromatic ring is 1. The van der Waals surface area contributed by atoms with Crippen molar-refractivity contribution in [3.8, 4) is 10.4 Å². The number of hydrogen-bond acceptors (Lipinski definition) is 6. The summed E-state index contributed by atoms with van der Waals surface area (Å²) in [6.45, 7) is 5.34. The standard InChI is InChI=1S/C22H25N5O3S/c23-20-17(19-2-1-15(31-19)13-26-7-9-30-10-8-26)11-16-18(12-24-21(16)25-20)14-3-5-27(6-4-14)22(28)29/h1-3,11-12H,4-10,13H2,(H,28,29)(H3,23,24,25). The molecule has 2 aliphatic heterocycles. The number of nitrogens with two attached hydrogens (primary N) is 1. The van der Waals surface area contributed by atoms with Crippen LogP contribution in [0.5, 0.6) is 0 Å². The van der Waals surface area contributed by atoms with E-state index in [-0.39, 0.29) is 0 Å². The number of H-pyrrole nitrogens is 1. The summed E-state index contributed by atoms with van der Waals surface area (Å²) in [7, 11) is 0. The number of hydrogen-bond donors (Lipinski definition) is 3. The fraction of sp³-hybridized carbons (Fsp3) is 0.364. The molecule has 5 heterocycles. The van der Waals surface area contributed by atoms with Crippen molar-refractivity contribution in [1.29, 1.82) is 0 Å². The van der Waals surface area contributed by atoms with Crippen LogP contribution in [0.2, 0.25) is 0 Å². The van der Waals surface area contributed by atoms with Gasteiger partial charge >= 0.3 is 6.09 Å². The number of pyridine rings is 1. The Balaban J connectivity index is 1.43. The van der Waals surface area contributed by atoms with Gasteiger partial charge in [0.2, 0.25) is 0 Å². The van der Waals surface area contributed by atoms with E-state index in [1.807, 2.05) is 12.3 Å². The molecule has 31 heavy (non-hydrogen) atoms. The van der Waals surface area contributed by atoms with Crippen LogP contribution in [0.3, 0.4) is 0 Å². The molecule has 0 spiro atoms. The third-order valence-electron chi connectivity index (χ3n) is 5.93. The maximum atomic E-state index is 11.2. The van der Waals surface area contributed by atoms with Gasteiger partial charge in [0.05, 0.1) is 13.2 Å². The van der Waals surface area contributed by atoms with Gasteiger partial charge in [-0.05, 0) is 30.2 Å². The lowest BCUT2D eigenvalue weighted by Gasteiger charge is -2.25. The molecule has 162 valence electrons. The molecular weight excluding hydrogens is 414 g/mol. The number of amides is 1. The highest BCUT2D eigenvalue weighted by Gasteiger charge is 2.20. The van der Waals surface area contributed by atoms with Crippen molar-refractivity contribution in [3.63, 3.8) is 0 Å². The lowest BCUT2D eigenvalue weighted by atomic mass is 9.99. The number of fused-ring (bicyclic) bond motifs is 1. The maximum absolute atomic E-state index is 11.2. The normalized spacial score (nSPS) is 17.8. The Hall–Kier alpha value is -2.88. The van der Waals surface area contributed by atoms with Gasteiger partial charge in [0, 0.05) is 65.2 Å². The van der Waals surface area contributed by atoms with Crippen LogP contribution >= 0.6 is 11.3 Å². The Labute approximate surface area is 183 Å². The van der Waals surface area contributed by atoms with Crippen LogP contribution in [0.1, 0.15) is 16.9 Å². The van der Waals surface area contributed by atoms with Crippen molar-refractivity contribution >= 4 is 39.9 Å². The fourth-order valence-corrected chi connectivity index (χ4v) is 5.27. The van der Waals surface area contributed by atoms with E-state index < -0.39 is 6.09 Å². The molecule has 0 unspecified atom stereocenters. The summed E-state index contributed by atoms with van der Waals surface area (Å²) in [5.41, 5.74) is 10.2. The van der Waals surface area contributed by atoms with Crippen LogP contribution in [0.25, 0.3) is 27.0 Å². The van der Waals surface area contributed by atoms with Gasteiger partial charge in [-0.3, -0.25) is 4.90 Å². The number of ether oxygens (including phenoxy) is 1. The summed E-state index contributed by atoms with van der Waals surface area (Å²) in [6.07, 6.45) is 3.74. The molecule has 0 bridgehead atoms. The van der Waals surface area contributed by atoms with Gasteiger partial charge in [-0.2, -0.15) is 0 Å². The van der Waals surface area contributed by atoms with Crippen LogP contribution < -0.4 is 5.73 Å². The van der Waals surface area contributed by atoms with E-state index in [1.54, 1.807) is 11.3 Å². The molecule has 9 heteroatoms. The van der Waals surface area contributed by atoms with Crippen LogP contribution in [0.4, 0.5) is 10.6 Å². The maximum Gasteiger partial charge on any atom is 0.407 e. The average Bonchev–Trinajstić information content (AvgIpc) is 3.40. The molecule has 1 amide bonds. The first-order chi connectivity index (χ1) is 15.1. The van der Waals surface area contributed by atoms with Gasteiger partial charge in [0.1, 0.15) is 11.5 Å². The van der Waals surface area contributed by atoms with Gasteiger partial charge < -0.3 is 25.5 Å². The van der Waals surface area contributed by atoms with Gasteiger partial charge in [0.15, 0.2) is 0 Å². The van der Waals surface area contributed by atoms with E-state index in [9.17, 15) is 9.90 Å². The first-order valence-corrected chi connectivity index (χ1v) is 11.2. The minimum atomic E-state index is -0.878. The summed E-state index contributed by atoms with van der Waals surface area (Å²) in [5, 5.41) is 10.2. The van der Waals surface area contributed by atoms with Crippen molar-refractivity contribution in [2.45, 2.75) is 13.0 Å². The van der Waals surface area contributed by atoms with Crippen LogP contribution in [0, 0.1) is 0 Å². The number of nitrogens with one attached hydrogen (secondary N) is 1. The molecule has 0 atom stereocenters. The van der Waals surface area contributed by atoms with E-state index >= 15 is 0 Å². The summed E-state index contributed by atoms with van der Waals surface area (Å²) in [5.74, 6) is 0.510. The highest BCUT2D eigenvalue weighted by Crippen LogP contribution is 2.37. The van der Waals surface area contributed by atoms with Gasteiger partial charge in [0.25, 0.3) is 0 Å². The van der Waals surface area contributed by atoms with Crippen LogP contribution in [0.15, 0.2) is 30.5 Å². The average molecular weight is 440 g/mol. The summed E-state index contributed by atoms with van der Waals surface area (Å²) in [4.78, 5) is 25.2. The third-order valence-corrected chi connectivity index (χ3v) is 7.03. The first-order valence-electron chi connectivity index (χ1n) is 10.4. The van der Waals surface area contributed by atoms with Crippen LogP contribution in [-0.2, 0) is 11.3 Å². The van der Waals surface area contributed by atoms with Crippen molar-refractivity contribution < 1.29 is 14.6 Å². The number of carboxylic acid groups (broad SMARTS) is 1. The van der Waals surface area contributed by atoms with Crippen LogP contribution in [-0.4, -0.2) is 70.4 Å². The minimum absolute atomic E-state index is 0.405. The molecule has 8 nitrogen and oxygen atoms in total. The zero-order valence-corrected chi connectivity index (χ0v) is 18.0. The molecule has 1 saturated heterocycles. The summed E-state index contributed by atoms with van der Waals surface area (Å²) < 4.78 is 5.44. The topological polar surface area (TPSA) is 108 Å². The second kappa shape index (κ2) is 8.33. The van der Waals surface area contributed by atoms with E-state index in [0.717, 1.165) is 65.5 Å². The number of anilines is 1. The highest BCUT2D eigenvalue weighted by molar-refractivity contribution is 7.15. The van der Waals surface area contributed by atoms with Gasteiger partial charge in [-0.1, -0.05) is 6.08 Å². The fourth-order valence-electron chi connectivity index (χ4n) is 4.20. The molecule has 1 fully saturated rings. The Morgan fingerprint density at radius 3 is 2.84 bits per heavy atom. The SMILES string of the molecule is Nc1nc2[nH]cc(C3=CCN(C(=O)O)CC3)c2cc1-c1ccc(CN2CCOCC2)s1. The van der Waals surface area contributed by atoms with Crippen molar-refractivity contribution in [3.05, 3.63) is 40.9 Å². The second-order valence-electron chi connectivity index (χ2n) is 7.88. The number of nitrogens with zero attached hydrogens (tertiary/aromatic N) is 3. The molecule has 3 aromatic heterocycles. The Bertz CT molecular complexity index is 1150. The Kier molecular flexibility index (Phi) is 5.39. The molecule has 4 N–H and O–H groups in total. The lowest BCUT2D eigenvalue weighted by Crippen LogP contribution is -2.35. The number of carbonyl (C=O) groups is 1. The van der Waals surface area contributed by atoms with Gasteiger partial charge in [-0.15, -0.1) is 11.3 Å². The molecular formula is C22H25N5O3S. The zero-order chi connectivity index (χ0) is 21.4. The highest BCUT2D eigenvalue weighted by atomic mass is 32.1. The van der Waals surface area contributed by atoms with E-state index in [0.29, 0.717) is 25.3 Å². The zero-order valence-electron chi connectivity index (χ0n) is 17.1. The number of aromatic nitrogens is 2. The number of aromatic amines is 1. The minimum Gasteiger partial charge on any atom is -0.465 e. The molecule has 0 radical (unpaired) electrons. The summed E-state index contributed by atoms with van der Waals surface area (Å²) in [6, 6.07) is 6.40. The number of thiophene rings is 1. The molecule has 2 aliphatic rings. The molecule has 5 rings (SSSR count). The lowest BCUT2D eigenvalue weighted by molar-refractivity contribution is 0.0346. The van der Waals surface area contributed by atoms with E-state index in [2.05, 4.69) is 33.1 Å². The van der Waals surface area contributed by atoms with Crippen molar-refractivity contribution in [2.75, 3.05) is 45.1 Å². The monoisotopic (exact) mass is 439 g/mol. The third kappa shape index (κ3) is 4.04. The number of morpholine rings is 1. The Morgan fingerprint density at radius 2 is 2.10 bits per heavy atom. The number of rotatable bonds is 4. The second-order valence-corrected chi connectivity index (χ2v) is 9.05. The molecule has 3 aromatic rings. The Morgan fingerprint density at radius 1 is 1.26 bits per heavy atom. The molecule has 0 aromatic carbocycles. The van der Waals surface area contributed by atoms with Crippen molar-refractivity contribution in [2.24, 2.45) is 0 Å². The molecule has 0 aliphatic carbocycles. The van der Waals surface area contributed by atoms with E-state index in [4.69, 9.17) is 10.5 Å². The molecule has 0 saturated carbocycles. The van der Waals surface area contributed by atoms with Crippen molar-refractivity contribution in [1.82, 2.24) is 19.8 Å². The van der Waals surface area contributed by atoms with E-state index in [1.165, 1.54) is 9.78 Å². The largest absolute Gasteiger partial charge is 0.465 e. The quantitative estimate of drug-likeness (QED) is 0.575. The summed E-state index contributed by atoms with van der Waals surface area (Å²) >= 11 is 1.75. The predicted molar refractivity (Wildman–Crippen MR) is 122 cm³/mol. The van der Waals surface area contributed by atoms with Gasteiger partial charge in [-0.25, -0.2) is 9.78 Å². The predicted octanol–water partition coefficient (Wildman–Crippen LogP) is 3.47.